The van der Waals surface area contributed by atoms with Crippen LogP contribution >= 0.6 is 0 Å². The molecule has 1 heteroatoms. The first-order valence-corrected chi connectivity index (χ1v) is 4.40. The molecule has 1 atom stereocenters. The van der Waals surface area contributed by atoms with Crippen LogP contribution in [0.3, 0.4) is 0 Å². The largest absolute Gasteiger partial charge is 0.358 e. The maximum atomic E-state index is 5.55. The normalized spacial score (nSPS) is 12.5. The molecule has 1 unspecified atom stereocenters. The van der Waals surface area contributed by atoms with Gasteiger partial charge in [0.25, 0.3) is 0 Å². The molecule has 0 spiro atoms. The van der Waals surface area contributed by atoms with Gasteiger partial charge in [-0.2, -0.15) is 0 Å². The first-order chi connectivity index (χ1) is 6.24. The molecule has 68 valence electrons. The van der Waals surface area contributed by atoms with Crippen LogP contribution in [0.25, 0.3) is 0 Å². The van der Waals surface area contributed by atoms with E-state index in [9.17, 15) is 0 Å². The zero-order valence-electron chi connectivity index (χ0n) is 8.03. The third kappa shape index (κ3) is 2.93. The summed E-state index contributed by atoms with van der Waals surface area (Å²) in [5.74, 6) is 2.63. The minimum absolute atomic E-state index is 0.154. The summed E-state index contributed by atoms with van der Waals surface area (Å²) in [6.45, 7) is 3.96. The average Bonchev–Trinajstić information content (AvgIpc) is 2.15. The summed E-state index contributed by atoms with van der Waals surface area (Å²) >= 11 is 0. The molecule has 1 nitrogen and oxygen atoms in total. The molecule has 0 saturated carbocycles. The second-order valence-electron chi connectivity index (χ2n) is 3.14. The number of rotatable bonds is 3. The van der Waals surface area contributed by atoms with Gasteiger partial charge in [-0.05, 0) is 19.4 Å². The fraction of sp³-hybridized carbons (Fsp3) is 0.333. The van der Waals surface area contributed by atoms with Gasteiger partial charge in [0.05, 0.1) is 6.10 Å². The number of benzene rings is 1. The summed E-state index contributed by atoms with van der Waals surface area (Å²) in [6.07, 6.45) is 5.31. The third-order valence-corrected chi connectivity index (χ3v) is 1.66. The van der Waals surface area contributed by atoms with Crippen molar-refractivity contribution in [1.82, 2.24) is 0 Å². The lowest BCUT2D eigenvalue weighted by Gasteiger charge is -2.15. The SMILES string of the molecule is C#CC(OC(C)C)c1ccccc1. The monoisotopic (exact) mass is 174 g/mol. The summed E-state index contributed by atoms with van der Waals surface area (Å²) in [4.78, 5) is 0. The molecule has 0 heterocycles. The Labute approximate surface area is 79.7 Å². The fourth-order valence-corrected chi connectivity index (χ4v) is 1.11. The predicted molar refractivity (Wildman–Crippen MR) is 54.2 cm³/mol. The molecule has 13 heavy (non-hydrogen) atoms. The van der Waals surface area contributed by atoms with Crippen molar-refractivity contribution in [3.8, 4) is 12.3 Å². The van der Waals surface area contributed by atoms with Crippen LogP contribution in [-0.2, 0) is 4.74 Å². The number of hydrogen-bond donors (Lipinski definition) is 0. The van der Waals surface area contributed by atoms with Gasteiger partial charge in [-0.25, -0.2) is 0 Å². The summed E-state index contributed by atoms with van der Waals surface area (Å²) in [6, 6.07) is 9.85. The van der Waals surface area contributed by atoms with Gasteiger partial charge in [0.1, 0.15) is 6.10 Å². The molecule has 0 radical (unpaired) electrons. The summed E-state index contributed by atoms with van der Waals surface area (Å²) in [7, 11) is 0. The second kappa shape index (κ2) is 4.69. The average molecular weight is 174 g/mol. The molecule has 0 aliphatic carbocycles. The molecule has 0 fully saturated rings. The lowest BCUT2D eigenvalue weighted by atomic mass is 10.1. The summed E-state index contributed by atoms with van der Waals surface area (Å²) in [5, 5.41) is 0. The van der Waals surface area contributed by atoms with Crippen molar-refractivity contribution >= 4 is 0 Å². The van der Waals surface area contributed by atoms with E-state index in [2.05, 4.69) is 5.92 Å². The van der Waals surface area contributed by atoms with E-state index in [-0.39, 0.29) is 12.2 Å². The summed E-state index contributed by atoms with van der Waals surface area (Å²) in [5.41, 5.74) is 1.04. The van der Waals surface area contributed by atoms with E-state index in [1.54, 1.807) is 0 Å². The van der Waals surface area contributed by atoms with E-state index in [4.69, 9.17) is 11.2 Å². The van der Waals surface area contributed by atoms with Gasteiger partial charge in [-0.15, -0.1) is 6.42 Å². The Balaban J connectivity index is 2.75. The van der Waals surface area contributed by atoms with Crippen molar-refractivity contribution in [3.05, 3.63) is 35.9 Å². The van der Waals surface area contributed by atoms with Crippen molar-refractivity contribution in [2.45, 2.75) is 26.1 Å². The summed E-state index contributed by atoms with van der Waals surface area (Å²) < 4.78 is 5.55. The fourth-order valence-electron chi connectivity index (χ4n) is 1.11. The van der Waals surface area contributed by atoms with E-state index < -0.39 is 0 Å². The zero-order chi connectivity index (χ0) is 9.68. The van der Waals surface area contributed by atoms with Crippen molar-refractivity contribution in [3.63, 3.8) is 0 Å². The third-order valence-electron chi connectivity index (χ3n) is 1.66. The highest BCUT2D eigenvalue weighted by Gasteiger charge is 2.08. The molecule has 1 aromatic rings. The highest BCUT2D eigenvalue weighted by Crippen LogP contribution is 2.17. The topological polar surface area (TPSA) is 9.23 Å². The Morgan fingerprint density at radius 3 is 2.31 bits per heavy atom. The van der Waals surface area contributed by atoms with Crippen LogP contribution in [-0.4, -0.2) is 6.10 Å². The van der Waals surface area contributed by atoms with E-state index in [0.717, 1.165) is 5.56 Å². The predicted octanol–water partition coefficient (Wildman–Crippen LogP) is 2.79. The molecule has 1 rings (SSSR count). The van der Waals surface area contributed by atoms with Crippen LogP contribution in [0.4, 0.5) is 0 Å². The smallest absolute Gasteiger partial charge is 0.143 e. The van der Waals surface area contributed by atoms with Crippen LogP contribution < -0.4 is 0 Å². The van der Waals surface area contributed by atoms with E-state index >= 15 is 0 Å². The van der Waals surface area contributed by atoms with Gasteiger partial charge in [0, 0.05) is 0 Å². The lowest BCUT2D eigenvalue weighted by Crippen LogP contribution is -2.08. The van der Waals surface area contributed by atoms with Crippen molar-refractivity contribution in [1.29, 1.82) is 0 Å². The molecule has 0 aliphatic heterocycles. The first kappa shape index (κ1) is 9.83. The number of ether oxygens (including phenoxy) is 1. The molecule has 0 aromatic heterocycles. The first-order valence-electron chi connectivity index (χ1n) is 4.40. The highest BCUT2D eigenvalue weighted by atomic mass is 16.5. The minimum Gasteiger partial charge on any atom is -0.358 e. The molecule has 0 bridgehead atoms. The maximum Gasteiger partial charge on any atom is 0.143 e. The Morgan fingerprint density at radius 1 is 1.23 bits per heavy atom. The number of terminal acetylenes is 1. The van der Waals surface area contributed by atoms with E-state index in [0.29, 0.717) is 0 Å². The van der Waals surface area contributed by atoms with Crippen LogP contribution in [0.1, 0.15) is 25.5 Å². The lowest BCUT2D eigenvalue weighted by molar-refractivity contribution is 0.0404. The van der Waals surface area contributed by atoms with Gasteiger partial charge in [-0.1, -0.05) is 36.3 Å². The highest BCUT2D eigenvalue weighted by molar-refractivity contribution is 5.23. The van der Waals surface area contributed by atoms with Crippen LogP contribution in [0.15, 0.2) is 30.3 Å². The maximum absolute atomic E-state index is 5.55. The quantitative estimate of drug-likeness (QED) is 0.640. The molecule has 0 saturated heterocycles. The second-order valence-corrected chi connectivity index (χ2v) is 3.14. The molecule has 0 amide bonds. The van der Waals surface area contributed by atoms with Crippen molar-refractivity contribution in [2.75, 3.05) is 0 Å². The number of hydrogen-bond acceptors (Lipinski definition) is 1. The van der Waals surface area contributed by atoms with Crippen molar-refractivity contribution < 1.29 is 4.74 Å². The van der Waals surface area contributed by atoms with Crippen LogP contribution in [0.2, 0.25) is 0 Å². The zero-order valence-corrected chi connectivity index (χ0v) is 8.03. The van der Waals surface area contributed by atoms with Crippen LogP contribution in [0, 0.1) is 12.3 Å². The van der Waals surface area contributed by atoms with Crippen LogP contribution in [0.5, 0.6) is 0 Å². The standard InChI is InChI=1S/C12H14O/c1-4-12(13-10(2)3)11-8-6-5-7-9-11/h1,5-10,12H,2-3H3. The molecule has 0 N–H and O–H groups in total. The molecule has 0 aliphatic rings. The van der Waals surface area contributed by atoms with Gasteiger partial charge >= 0.3 is 0 Å². The molecular formula is C12H14O. The van der Waals surface area contributed by atoms with Gasteiger partial charge in [0.15, 0.2) is 0 Å². The Morgan fingerprint density at radius 2 is 1.85 bits per heavy atom. The minimum atomic E-state index is -0.221. The molecule has 1 aromatic carbocycles. The van der Waals surface area contributed by atoms with Gasteiger partial charge in [0.2, 0.25) is 0 Å². The Bertz CT molecular complexity index is 282. The van der Waals surface area contributed by atoms with E-state index in [1.807, 2.05) is 44.2 Å². The Hall–Kier alpha value is -1.26. The van der Waals surface area contributed by atoms with Gasteiger partial charge < -0.3 is 4.74 Å². The molecular weight excluding hydrogens is 160 g/mol. The Kier molecular flexibility index (Phi) is 3.54. The van der Waals surface area contributed by atoms with E-state index in [1.165, 1.54) is 0 Å². The van der Waals surface area contributed by atoms with Crippen molar-refractivity contribution in [2.24, 2.45) is 0 Å². The van der Waals surface area contributed by atoms with Gasteiger partial charge in [-0.3, -0.25) is 0 Å².